The molecule has 1 aliphatic heterocycles. The van der Waals surface area contributed by atoms with Gasteiger partial charge in [0.25, 0.3) is 5.91 Å². The van der Waals surface area contributed by atoms with Gasteiger partial charge in [-0.3, -0.25) is 9.59 Å². The predicted molar refractivity (Wildman–Crippen MR) is 67.7 cm³/mol. The highest BCUT2D eigenvalue weighted by atomic mass is 19.4. The molecule has 1 aromatic rings. The number of rotatable bonds is 2. The zero-order valence-corrected chi connectivity index (χ0v) is 11.8. The van der Waals surface area contributed by atoms with Crippen molar-refractivity contribution in [2.45, 2.75) is 13.1 Å². The molecule has 1 heterocycles. The molecule has 4 nitrogen and oxygen atoms in total. The molecule has 9 heteroatoms. The van der Waals surface area contributed by atoms with Crippen molar-refractivity contribution >= 4 is 11.9 Å². The summed E-state index contributed by atoms with van der Waals surface area (Å²) >= 11 is 0. The molecule has 1 amide bonds. The standard InChI is InChI=1S/C14H12F5NO3/c1-6-2-7(11(16)3-10(6)15)12(21)20-4-8(13(22)23)9(5-20)14(17,18)19/h2-3,8-9H,4-5H2,1H3,(H,22,23)/t8-,9-/m1/s1. The summed E-state index contributed by atoms with van der Waals surface area (Å²) in [4.78, 5) is 23.8. The van der Waals surface area contributed by atoms with E-state index in [0.717, 1.165) is 6.07 Å². The Labute approximate surface area is 127 Å². The van der Waals surface area contributed by atoms with Crippen molar-refractivity contribution in [1.29, 1.82) is 0 Å². The number of amides is 1. The number of alkyl halides is 3. The maximum atomic E-state index is 13.7. The summed E-state index contributed by atoms with van der Waals surface area (Å²) in [6.07, 6.45) is -4.80. The number of nitrogens with zero attached hydrogens (tertiary/aromatic N) is 1. The van der Waals surface area contributed by atoms with Gasteiger partial charge in [-0.15, -0.1) is 0 Å². The number of aliphatic carboxylic acids is 1. The second kappa shape index (κ2) is 5.78. The molecule has 1 saturated heterocycles. The fourth-order valence-corrected chi connectivity index (χ4v) is 2.54. The van der Waals surface area contributed by atoms with Crippen molar-refractivity contribution in [3.8, 4) is 0 Å². The van der Waals surface area contributed by atoms with Gasteiger partial charge in [-0.25, -0.2) is 8.78 Å². The van der Waals surface area contributed by atoms with E-state index >= 15 is 0 Å². The number of carboxylic acid groups (broad SMARTS) is 1. The average Bonchev–Trinajstić information content (AvgIpc) is 2.87. The van der Waals surface area contributed by atoms with E-state index in [4.69, 9.17) is 5.11 Å². The Balaban J connectivity index is 2.31. The van der Waals surface area contributed by atoms with Crippen molar-refractivity contribution in [1.82, 2.24) is 4.90 Å². The van der Waals surface area contributed by atoms with Crippen LogP contribution in [0.4, 0.5) is 22.0 Å². The molecule has 0 saturated carbocycles. The van der Waals surface area contributed by atoms with E-state index in [0.29, 0.717) is 11.0 Å². The smallest absolute Gasteiger partial charge is 0.394 e. The van der Waals surface area contributed by atoms with Crippen molar-refractivity contribution < 1.29 is 36.6 Å². The zero-order valence-electron chi connectivity index (χ0n) is 11.8. The molecule has 0 bridgehead atoms. The molecule has 1 aromatic carbocycles. The van der Waals surface area contributed by atoms with Crippen LogP contribution in [0.15, 0.2) is 12.1 Å². The first kappa shape index (κ1) is 17.2. The van der Waals surface area contributed by atoms with Crippen LogP contribution in [0.5, 0.6) is 0 Å². The van der Waals surface area contributed by atoms with Crippen LogP contribution in [0.25, 0.3) is 0 Å². The number of benzene rings is 1. The van der Waals surface area contributed by atoms with E-state index in [9.17, 15) is 31.5 Å². The Hall–Kier alpha value is -2.19. The molecule has 1 fully saturated rings. The number of aryl methyl sites for hydroxylation is 1. The maximum absolute atomic E-state index is 13.7. The van der Waals surface area contributed by atoms with E-state index in [1.165, 1.54) is 6.92 Å². The number of halogens is 5. The van der Waals surface area contributed by atoms with Gasteiger partial charge in [0, 0.05) is 19.2 Å². The lowest BCUT2D eigenvalue weighted by Gasteiger charge is -2.18. The predicted octanol–water partition coefficient (Wildman–Crippen LogP) is 2.61. The van der Waals surface area contributed by atoms with Crippen LogP contribution in [-0.4, -0.2) is 41.1 Å². The molecular weight excluding hydrogens is 325 g/mol. The Morgan fingerprint density at radius 3 is 2.26 bits per heavy atom. The summed E-state index contributed by atoms with van der Waals surface area (Å²) < 4.78 is 65.5. The van der Waals surface area contributed by atoms with Gasteiger partial charge in [-0.2, -0.15) is 13.2 Å². The quantitative estimate of drug-likeness (QED) is 0.844. The van der Waals surface area contributed by atoms with E-state index in [1.54, 1.807) is 0 Å². The lowest BCUT2D eigenvalue weighted by atomic mass is 9.96. The highest BCUT2D eigenvalue weighted by Crippen LogP contribution is 2.38. The summed E-state index contributed by atoms with van der Waals surface area (Å²) in [7, 11) is 0. The molecular formula is C14H12F5NO3. The Morgan fingerprint density at radius 2 is 1.78 bits per heavy atom. The number of hydrogen-bond donors (Lipinski definition) is 1. The lowest BCUT2D eigenvalue weighted by Crippen LogP contribution is -2.34. The fraction of sp³-hybridized carbons (Fsp3) is 0.429. The highest BCUT2D eigenvalue weighted by Gasteiger charge is 2.53. The Bertz CT molecular complexity index is 659. The van der Waals surface area contributed by atoms with Crippen LogP contribution in [0.1, 0.15) is 15.9 Å². The van der Waals surface area contributed by atoms with Crippen LogP contribution in [0.3, 0.4) is 0 Å². The lowest BCUT2D eigenvalue weighted by molar-refractivity contribution is -0.187. The molecule has 1 N–H and O–H groups in total. The number of carboxylic acids is 1. The van der Waals surface area contributed by atoms with E-state index in [1.807, 2.05) is 0 Å². The van der Waals surface area contributed by atoms with Gasteiger partial charge in [0.05, 0.1) is 17.4 Å². The molecule has 0 radical (unpaired) electrons. The van der Waals surface area contributed by atoms with Crippen LogP contribution in [-0.2, 0) is 4.79 Å². The first-order chi connectivity index (χ1) is 10.5. The Morgan fingerprint density at radius 1 is 1.17 bits per heavy atom. The van der Waals surface area contributed by atoms with Gasteiger partial charge in [0.2, 0.25) is 0 Å². The monoisotopic (exact) mass is 337 g/mol. The second-order valence-corrected chi connectivity index (χ2v) is 5.38. The molecule has 0 aliphatic carbocycles. The molecule has 126 valence electrons. The van der Waals surface area contributed by atoms with Crippen LogP contribution in [0.2, 0.25) is 0 Å². The van der Waals surface area contributed by atoms with Crippen molar-refractivity contribution in [3.63, 3.8) is 0 Å². The summed E-state index contributed by atoms with van der Waals surface area (Å²) in [6.45, 7) is -0.294. The van der Waals surface area contributed by atoms with Gasteiger partial charge >= 0.3 is 12.1 Å². The number of carbonyl (C=O) groups excluding carboxylic acids is 1. The third-order valence-corrected chi connectivity index (χ3v) is 3.82. The summed E-state index contributed by atoms with van der Waals surface area (Å²) in [5, 5.41) is 8.89. The third-order valence-electron chi connectivity index (χ3n) is 3.82. The third kappa shape index (κ3) is 3.27. The number of carbonyl (C=O) groups is 2. The second-order valence-electron chi connectivity index (χ2n) is 5.38. The minimum Gasteiger partial charge on any atom is -0.481 e. The SMILES string of the molecule is Cc1cc(C(=O)N2C[C@@H](C(F)(F)F)[C@H](C(=O)O)C2)c(F)cc1F. The first-order valence-corrected chi connectivity index (χ1v) is 6.56. The largest absolute Gasteiger partial charge is 0.481 e. The van der Waals surface area contributed by atoms with Gasteiger partial charge in [-0.05, 0) is 18.6 Å². The summed E-state index contributed by atoms with van der Waals surface area (Å²) in [6, 6.07) is 1.36. The van der Waals surface area contributed by atoms with Crippen LogP contribution < -0.4 is 0 Å². The van der Waals surface area contributed by atoms with Gasteiger partial charge in [-0.1, -0.05) is 0 Å². The maximum Gasteiger partial charge on any atom is 0.394 e. The van der Waals surface area contributed by atoms with Gasteiger partial charge in [0.15, 0.2) is 0 Å². The molecule has 23 heavy (non-hydrogen) atoms. The molecule has 0 aromatic heterocycles. The summed E-state index contributed by atoms with van der Waals surface area (Å²) in [5.41, 5.74) is -0.632. The summed E-state index contributed by atoms with van der Waals surface area (Å²) in [5.74, 6) is -8.92. The molecule has 0 spiro atoms. The fourth-order valence-electron chi connectivity index (χ4n) is 2.54. The van der Waals surface area contributed by atoms with Crippen molar-refractivity contribution in [2.24, 2.45) is 11.8 Å². The van der Waals surface area contributed by atoms with Gasteiger partial charge in [0.1, 0.15) is 11.6 Å². The van der Waals surface area contributed by atoms with Crippen molar-refractivity contribution in [3.05, 3.63) is 34.9 Å². The molecule has 1 aliphatic rings. The normalized spacial score (nSPS) is 21.6. The van der Waals surface area contributed by atoms with E-state index in [2.05, 4.69) is 0 Å². The molecule has 2 rings (SSSR count). The van der Waals surface area contributed by atoms with E-state index in [-0.39, 0.29) is 5.56 Å². The minimum atomic E-state index is -4.80. The molecule has 2 atom stereocenters. The van der Waals surface area contributed by atoms with Crippen LogP contribution in [0, 0.1) is 30.4 Å². The van der Waals surface area contributed by atoms with Crippen LogP contribution >= 0.6 is 0 Å². The van der Waals surface area contributed by atoms with Gasteiger partial charge < -0.3 is 10.0 Å². The Kier molecular flexibility index (Phi) is 4.32. The zero-order chi connectivity index (χ0) is 17.5. The van der Waals surface area contributed by atoms with Crippen molar-refractivity contribution in [2.75, 3.05) is 13.1 Å². The highest BCUT2D eigenvalue weighted by molar-refractivity contribution is 5.95. The topological polar surface area (TPSA) is 57.6 Å². The number of hydrogen-bond acceptors (Lipinski definition) is 2. The first-order valence-electron chi connectivity index (χ1n) is 6.56. The average molecular weight is 337 g/mol. The number of likely N-dealkylation sites (tertiary alicyclic amines) is 1. The molecule has 0 unspecified atom stereocenters. The minimum absolute atomic E-state index is 0.0453. The van der Waals surface area contributed by atoms with E-state index < -0.39 is 60.2 Å².